The molecule has 0 spiro atoms. The van der Waals surface area contributed by atoms with Crippen molar-refractivity contribution in [3.63, 3.8) is 0 Å². The number of unbranched alkanes of at least 4 members (excludes halogenated alkanes) is 15. The number of carbonyl (C=O) groups is 1. The van der Waals surface area contributed by atoms with Crippen molar-refractivity contribution in [3.05, 3.63) is 0 Å². The minimum absolute atomic E-state index is 0.0854. The van der Waals surface area contributed by atoms with Gasteiger partial charge in [0.2, 0.25) is 0 Å². The third-order valence-corrected chi connectivity index (χ3v) is 4.98. The molecule has 0 aromatic heterocycles. The first-order valence-electron chi connectivity index (χ1n) is 11.2. The number of carbonyl (C=O) groups excluding carboxylic acids is 1. The van der Waals surface area contributed by atoms with E-state index in [1.165, 1.54) is 96.3 Å². The molecule has 26 heavy (non-hydrogen) atoms. The van der Waals surface area contributed by atoms with Crippen molar-refractivity contribution in [3.8, 4) is 0 Å². The molecule has 0 heterocycles. The molecule has 0 aliphatic heterocycles. The summed E-state index contributed by atoms with van der Waals surface area (Å²) in [5.41, 5.74) is 0. The predicted octanol–water partition coefficient (Wildman–Crippen LogP) is 6.31. The lowest BCUT2D eigenvalue weighted by Gasteiger charge is -2.16. The van der Waals surface area contributed by atoms with Gasteiger partial charge in [-0.3, -0.25) is 0 Å². The summed E-state index contributed by atoms with van der Waals surface area (Å²) < 4.78 is 4.87. The first-order chi connectivity index (χ1) is 12.7. The Balaban J connectivity index is 3.16. The van der Waals surface area contributed by atoms with Crippen LogP contribution in [0.3, 0.4) is 0 Å². The van der Waals surface area contributed by atoms with Gasteiger partial charge in [-0.25, -0.2) is 4.79 Å². The number of aliphatic hydroxyl groups excluding tert-OH is 1. The van der Waals surface area contributed by atoms with Gasteiger partial charge in [0, 0.05) is 13.6 Å². The molecular formula is C22H45NO3. The van der Waals surface area contributed by atoms with E-state index in [4.69, 9.17) is 9.84 Å². The molecule has 0 aliphatic carbocycles. The zero-order chi connectivity index (χ0) is 19.3. The highest BCUT2D eigenvalue weighted by atomic mass is 16.6. The van der Waals surface area contributed by atoms with Crippen molar-refractivity contribution < 1.29 is 14.6 Å². The van der Waals surface area contributed by atoms with Crippen molar-refractivity contribution in [1.82, 2.24) is 4.90 Å². The van der Waals surface area contributed by atoms with Crippen LogP contribution in [0.25, 0.3) is 0 Å². The number of hydrogen-bond donors (Lipinski definition) is 1. The fourth-order valence-electron chi connectivity index (χ4n) is 3.23. The Morgan fingerprint density at radius 3 is 1.50 bits per heavy atom. The fraction of sp³-hybridized carbons (Fsp3) is 0.955. The summed E-state index contributed by atoms with van der Waals surface area (Å²) in [5.74, 6) is 0. The van der Waals surface area contributed by atoms with Gasteiger partial charge in [0.05, 0.1) is 6.61 Å². The van der Waals surface area contributed by atoms with E-state index in [-0.39, 0.29) is 19.3 Å². The average molecular weight is 372 g/mol. The summed E-state index contributed by atoms with van der Waals surface area (Å²) in [4.78, 5) is 13.1. The van der Waals surface area contributed by atoms with Crippen LogP contribution in [0, 0.1) is 0 Å². The third-order valence-electron chi connectivity index (χ3n) is 4.98. The van der Waals surface area contributed by atoms with Crippen molar-refractivity contribution in [1.29, 1.82) is 0 Å². The molecular weight excluding hydrogens is 326 g/mol. The van der Waals surface area contributed by atoms with E-state index < -0.39 is 0 Å². The smallest absolute Gasteiger partial charge is 0.409 e. The maximum absolute atomic E-state index is 11.5. The Kier molecular flexibility index (Phi) is 19.9. The first-order valence-corrected chi connectivity index (χ1v) is 11.2. The standard InChI is InChI=1S/C22H45NO3/c1-3-4-5-6-7-8-9-10-11-12-13-14-15-16-17-18-19-23(2)22(25)26-21-20-24/h24H,3-21H2,1-2H3. The molecule has 0 radical (unpaired) electrons. The van der Waals surface area contributed by atoms with Gasteiger partial charge in [-0.2, -0.15) is 0 Å². The fourth-order valence-corrected chi connectivity index (χ4v) is 3.23. The molecule has 0 saturated carbocycles. The molecule has 0 atom stereocenters. The van der Waals surface area contributed by atoms with Gasteiger partial charge in [0.1, 0.15) is 6.61 Å². The average Bonchev–Trinajstić information content (AvgIpc) is 2.65. The zero-order valence-corrected chi connectivity index (χ0v) is 17.6. The van der Waals surface area contributed by atoms with E-state index in [0.29, 0.717) is 0 Å². The molecule has 0 bridgehead atoms. The second-order valence-corrected chi connectivity index (χ2v) is 7.56. The van der Waals surface area contributed by atoms with Gasteiger partial charge in [-0.1, -0.05) is 103 Å². The summed E-state index contributed by atoms with van der Waals surface area (Å²) in [6.45, 7) is 2.99. The van der Waals surface area contributed by atoms with Crippen LogP contribution in [0.5, 0.6) is 0 Å². The van der Waals surface area contributed by atoms with E-state index in [2.05, 4.69) is 6.92 Å². The largest absolute Gasteiger partial charge is 0.447 e. The van der Waals surface area contributed by atoms with Gasteiger partial charge in [0.25, 0.3) is 0 Å². The lowest BCUT2D eigenvalue weighted by molar-refractivity contribution is 0.0906. The molecule has 1 N–H and O–H groups in total. The normalized spacial score (nSPS) is 10.9. The van der Waals surface area contributed by atoms with Gasteiger partial charge in [-0.15, -0.1) is 0 Å². The monoisotopic (exact) mass is 371 g/mol. The number of hydrogen-bond acceptors (Lipinski definition) is 3. The van der Waals surface area contributed by atoms with Gasteiger partial charge in [-0.05, 0) is 6.42 Å². The van der Waals surface area contributed by atoms with Gasteiger partial charge >= 0.3 is 6.09 Å². The highest BCUT2D eigenvalue weighted by molar-refractivity contribution is 5.67. The zero-order valence-electron chi connectivity index (χ0n) is 17.6. The second kappa shape index (κ2) is 20.5. The molecule has 0 saturated heterocycles. The Morgan fingerprint density at radius 2 is 1.12 bits per heavy atom. The number of aliphatic hydroxyl groups is 1. The van der Waals surface area contributed by atoms with E-state index in [1.54, 1.807) is 11.9 Å². The van der Waals surface area contributed by atoms with E-state index >= 15 is 0 Å². The predicted molar refractivity (Wildman–Crippen MR) is 111 cm³/mol. The Hall–Kier alpha value is -0.770. The highest BCUT2D eigenvalue weighted by Crippen LogP contribution is 2.13. The summed E-state index contributed by atoms with van der Waals surface area (Å²) >= 11 is 0. The lowest BCUT2D eigenvalue weighted by Crippen LogP contribution is -2.29. The molecule has 156 valence electrons. The van der Waals surface area contributed by atoms with Crippen LogP contribution in [0.4, 0.5) is 4.79 Å². The van der Waals surface area contributed by atoms with Crippen LogP contribution in [-0.4, -0.2) is 42.9 Å². The van der Waals surface area contributed by atoms with Crippen LogP contribution in [0.2, 0.25) is 0 Å². The quantitative estimate of drug-likeness (QED) is 0.271. The molecule has 0 aliphatic rings. The summed E-state index contributed by atoms with van der Waals surface area (Å²) in [6, 6.07) is 0. The van der Waals surface area contributed by atoms with E-state index in [1.807, 2.05) is 0 Å². The summed E-state index contributed by atoms with van der Waals surface area (Å²) in [5, 5.41) is 8.63. The summed E-state index contributed by atoms with van der Waals surface area (Å²) in [6.07, 6.45) is 21.3. The molecule has 1 amide bonds. The van der Waals surface area contributed by atoms with Crippen molar-refractivity contribution in [2.75, 3.05) is 26.8 Å². The molecule has 0 fully saturated rings. The molecule has 0 rings (SSSR count). The third kappa shape index (κ3) is 18.0. The van der Waals surface area contributed by atoms with Crippen molar-refractivity contribution >= 4 is 6.09 Å². The minimum atomic E-state index is -0.333. The minimum Gasteiger partial charge on any atom is -0.447 e. The number of ether oxygens (including phenoxy) is 1. The van der Waals surface area contributed by atoms with Crippen LogP contribution < -0.4 is 0 Å². The molecule has 4 heteroatoms. The maximum Gasteiger partial charge on any atom is 0.409 e. The van der Waals surface area contributed by atoms with Crippen molar-refractivity contribution in [2.45, 2.75) is 110 Å². The Labute approximate surface area is 162 Å². The highest BCUT2D eigenvalue weighted by Gasteiger charge is 2.08. The second-order valence-electron chi connectivity index (χ2n) is 7.56. The molecule has 0 unspecified atom stereocenters. The van der Waals surface area contributed by atoms with Gasteiger partial charge < -0.3 is 14.7 Å². The Bertz CT molecular complexity index is 297. The number of rotatable bonds is 19. The van der Waals surface area contributed by atoms with Crippen LogP contribution in [-0.2, 0) is 4.74 Å². The summed E-state index contributed by atoms with van der Waals surface area (Å²) in [7, 11) is 1.75. The lowest BCUT2D eigenvalue weighted by atomic mass is 10.0. The molecule has 0 aromatic carbocycles. The van der Waals surface area contributed by atoms with E-state index in [0.717, 1.165) is 13.0 Å². The number of amides is 1. The van der Waals surface area contributed by atoms with E-state index in [9.17, 15) is 4.79 Å². The van der Waals surface area contributed by atoms with Crippen LogP contribution in [0.1, 0.15) is 110 Å². The molecule has 4 nitrogen and oxygen atoms in total. The number of nitrogens with zero attached hydrogens (tertiary/aromatic N) is 1. The SMILES string of the molecule is CCCCCCCCCCCCCCCCCCN(C)C(=O)OCCO. The van der Waals surface area contributed by atoms with Gasteiger partial charge in [0.15, 0.2) is 0 Å². The maximum atomic E-state index is 11.5. The topological polar surface area (TPSA) is 49.8 Å². The van der Waals surface area contributed by atoms with Crippen LogP contribution in [0.15, 0.2) is 0 Å². The molecule has 0 aromatic rings. The van der Waals surface area contributed by atoms with Crippen LogP contribution >= 0.6 is 0 Å². The first kappa shape index (κ1) is 25.2. The van der Waals surface area contributed by atoms with Crippen molar-refractivity contribution in [2.24, 2.45) is 0 Å². The Morgan fingerprint density at radius 1 is 0.731 bits per heavy atom.